The summed E-state index contributed by atoms with van der Waals surface area (Å²) in [5, 5.41) is 2.79. The number of hydrogen-bond donors (Lipinski definition) is 1. The van der Waals surface area contributed by atoms with Crippen molar-refractivity contribution in [3.8, 4) is 0 Å². The van der Waals surface area contributed by atoms with Crippen LogP contribution in [0.2, 0.25) is 0 Å². The highest BCUT2D eigenvalue weighted by Crippen LogP contribution is 2.25. The Morgan fingerprint density at radius 2 is 2.53 bits per heavy atom. The summed E-state index contributed by atoms with van der Waals surface area (Å²) in [6.45, 7) is 1.58. The number of rotatable bonds is 2. The lowest BCUT2D eigenvalue weighted by Gasteiger charge is -2.18. The molecule has 7 heteroatoms. The largest absolute Gasteiger partial charge is 0.453 e. The molecule has 92 valence electrons. The fourth-order valence-corrected chi connectivity index (χ4v) is 2.31. The van der Waals surface area contributed by atoms with Gasteiger partial charge >= 0.3 is 6.09 Å². The lowest BCUT2D eigenvalue weighted by Crippen LogP contribution is -2.37. The number of halogens is 1. The first-order chi connectivity index (χ1) is 8.20. The molecule has 2 rings (SSSR count). The first kappa shape index (κ1) is 12.1. The van der Waals surface area contributed by atoms with Gasteiger partial charge in [-0.25, -0.2) is 14.8 Å². The quantitative estimate of drug-likeness (QED) is 0.888. The number of alkyl carbamates (subject to hydrolysis) is 1. The molecule has 0 spiro atoms. The minimum atomic E-state index is -0.390. The van der Waals surface area contributed by atoms with E-state index in [0.29, 0.717) is 0 Å². The molecule has 2 heterocycles. The van der Waals surface area contributed by atoms with Crippen LogP contribution in [0.15, 0.2) is 17.0 Å². The van der Waals surface area contributed by atoms with Crippen LogP contribution in [-0.4, -0.2) is 42.3 Å². The van der Waals surface area contributed by atoms with Crippen molar-refractivity contribution in [3.63, 3.8) is 0 Å². The average Bonchev–Trinajstić information content (AvgIpc) is 2.78. The van der Waals surface area contributed by atoms with Crippen LogP contribution in [0, 0.1) is 0 Å². The van der Waals surface area contributed by atoms with Gasteiger partial charge in [-0.05, 0) is 22.4 Å². The zero-order valence-corrected chi connectivity index (χ0v) is 11.0. The van der Waals surface area contributed by atoms with E-state index in [0.717, 1.165) is 29.8 Å². The number of nitrogens with one attached hydrogen (secondary N) is 1. The van der Waals surface area contributed by atoms with Gasteiger partial charge in [-0.1, -0.05) is 0 Å². The first-order valence-corrected chi connectivity index (χ1v) is 6.05. The fourth-order valence-electron chi connectivity index (χ4n) is 1.83. The van der Waals surface area contributed by atoms with Crippen LogP contribution in [0.5, 0.6) is 0 Å². The average molecular weight is 301 g/mol. The van der Waals surface area contributed by atoms with Gasteiger partial charge in [-0.3, -0.25) is 0 Å². The van der Waals surface area contributed by atoms with Crippen LogP contribution in [0.1, 0.15) is 6.42 Å². The van der Waals surface area contributed by atoms with Crippen molar-refractivity contribution in [2.24, 2.45) is 0 Å². The van der Waals surface area contributed by atoms with E-state index in [-0.39, 0.29) is 6.04 Å². The maximum atomic E-state index is 11.1. The predicted octanol–water partition coefficient (Wildman–Crippen LogP) is 1.17. The number of ether oxygens (including phenoxy) is 1. The maximum absolute atomic E-state index is 11.1. The predicted molar refractivity (Wildman–Crippen MR) is 65.9 cm³/mol. The lowest BCUT2D eigenvalue weighted by molar-refractivity contribution is 0.167. The van der Waals surface area contributed by atoms with Gasteiger partial charge in [0.05, 0.1) is 17.6 Å². The highest BCUT2D eigenvalue weighted by atomic mass is 79.9. The van der Waals surface area contributed by atoms with Crippen molar-refractivity contribution >= 4 is 27.8 Å². The number of nitrogens with zero attached hydrogens (tertiary/aromatic N) is 3. The van der Waals surface area contributed by atoms with Crippen LogP contribution in [0.25, 0.3) is 0 Å². The number of aromatic nitrogens is 2. The Kier molecular flexibility index (Phi) is 3.78. The van der Waals surface area contributed by atoms with E-state index < -0.39 is 6.09 Å². The Morgan fingerprint density at radius 1 is 1.71 bits per heavy atom. The summed E-state index contributed by atoms with van der Waals surface area (Å²) in [5.41, 5.74) is 0. The van der Waals surface area contributed by atoms with Crippen molar-refractivity contribution in [2.75, 3.05) is 25.1 Å². The van der Waals surface area contributed by atoms with Crippen molar-refractivity contribution in [1.29, 1.82) is 0 Å². The molecule has 1 N–H and O–H groups in total. The van der Waals surface area contributed by atoms with Gasteiger partial charge in [0, 0.05) is 19.3 Å². The van der Waals surface area contributed by atoms with Gasteiger partial charge in [-0.2, -0.15) is 0 Å². The molecule has 0 aliphatic carbocycles. The van der Waals surface area contributed by atoms with Gasteiger partial charge in [0.2, 0.25) is 0 Å². The summed E-state index contributed by atoms with van der Waals surface area (Å²) in [6.07, 6.45) is 3.72. The minimum absolute atomic E-state index is 0.101. The zero-order valence-electron chi connectivity index (χ0n) is 9.39. The second kappa shape index (κ2) is 5.31. The summed E-state index contributed by atoms with van der Waals surface area (Å²) in [4.78, 5) is 21.3. The smallest absolute Gasteiger partial charge is 0.407 e. The molecule has 0 radical (unpaired) electrons. The standard InChI is InChI=1S/C10H13BrN4O2/c1-17-10(16)14-7-2-3-15(5-7)9-8(11)4-12-6-13-9/h4,6-7H,2-3,5H2,1H3,(H,14,16). The third-order valence-corrected chi connectivity index (χ3v) is 3.20. The second-order valence-electron chi connectivity index (χ2n) is 3.76. The number of anilines is 1. The lowest BCUT2D eigenvalue weighted by atomic mass is 10.3. The number of carbonyl (C=O) groups excluding carboxylic acids is 1. The molecule has 0 bridgehead atoms. The fraction of sp³-hybridized carbons (Fsp3) is 0.500. The molecule has 6 nitrogen and oxygen atoms in total. The van der Waals surface area contributed by atoms with Gasteiger partial charge in [-0.15, -0.1) is 0 Å². The SMILES string of the molecule is COC(=O)NC1CCN(c2ncncc2Br)C1. The summed E-state index contributed by atoms with van der Waals surface area (Å²) in [7, 11) is 1.36. The number of hydrogen-bond acceptors (Lipinski definition) is 5. The van der Waals surface area contributed by atoms with E-state index in [1.807, 2.05) is 0 Å². The number of amides is 1. The molecule has 17 heavy (non-hydrogen) atoms. The molecule has 1 unspecified atom stereocenters. The summed E-state index contributed by atoms with van der Waals surface area (Å²) in [5.74, 6) is 0.856. The van der Waals surface area contributed by atoms with E-state index >= 15 is 0 Å². The molecule has 1 atom stereocenters. The first-order valence-electron chi connectivity index (χ1n) is 5.25. The highest BCUT2D eigenvalue weighted by Gasteiger charge is 2.26. The Labute approximate surface area is 108 Å². The summed E-state index contributed by atoms with van der Waals surface area (Å²) >= 11 is 3.41. The van der Waals surface area contributed by atoms with Crippen LogP contribution in [0.3, 0.4) is 0 Å². The molecule has 1 aliphatic rings. The molecule has 1 aromatic heterocycles. The van der Waals surface area contributed by atoms with E-state index in [9.17, 15) is 4.79 Å². The molecule has 0 aromatic carbocycles. The Hall–Kier alpha value is -1.37. The maximum Gasteiger partial charge on any atom is 0.407 e. The molecule has 1 aliphatic heterocycles. The van der Waals surface area contributed by atoms with Crippen molar-refractivity contribution in [2.45, 2.75) is 12.5 Å². The van der Waals surface area contributed by atoms with Crippen molar-refractivity contribution < 1.29 is 9.53 Å². The van der Waals surface area contributed by atoms with Gasteiger partial charge < -0.3 is 15.0 Å². The molecular weight excluding hydrogens is 288 g/mol. The summed E-state index contributed by atoms with van der Waals surface area (Å²) < 4.78 is 5.43. The third kappa shape index (κ3) is 2.85. The molecule has 1 amide bonds. The van der Waals surface area contributed by atoms with Crippen molar-refractivity contribution in [3.05, 3.63) is 17.0 Å². The Morgan fingerprint density at radius 3 is 3.24 bits per heavy atom. The Balaban J connectivity index is 1.98. The normalized spacial score (nSPS) is 19.2. The van der Waals surface area contributed by atoms with Crippen LogP contribution < -0.4 is 10.2 Å². The van der Waals surface area contributed by atoms with Crippen LogP contribution in [-0.2, 0) is 4.74 Å². The third-order valence-electron chi connectivity index (χ3n) is 2.64. The van der Waals surface area contributed by atoms with E-state index in [1.54, 1.807) is 6.20 Å². The Bertz CT molecular complexity index is 415. The van der Waals surface area contributed by atoms with E-state index in [2.05, 4.69) is 40.9 Å². The van der Waals surface area contributed by atoms with Gasteiger partial charge in [0.1, 0.15) is 12.1 Å². The topological polar surface area (TPSA) is 67.3 Å². The minimum Gasteiger partial charge on any atom is -0.453 e. The summed E-state index contributed by atoms with van der Waals surface area (Å²) in [6, 6.07) is 0.101. The molecule has 1 fully saturated rings. The second-order valence-corrected chi connectivity index (χ2v) is 4.62. The van der Waals surface area contributed by atoms with E-state index in [1.165, 1.54) is 13.4 Å². The van der Waals surface area contributed by atoms with Crippen LogP contribution in [0.4, 0.5) is 10.6 Å². The molecule has 1 saturated heterocycles. The molecule has 0 saturated carbocycles. The number of methoxy groups -OCH3 is 1. The monoisotopic (exact) mass is 300 g/mol. The van der Waals surface area contributed by atoms with Gasteiger partial charge in [0.15, 0.2) is 0 Å². The number of carbonyl (C=O) groups is 1. The molecular formula is C10H13BrN4O2. The zero-order chi connectivity index (χ0) is 12.3. The van der Waals surface area contributed by atoms with Crippen molar-refractivity contribution in [1.82, 2.24) is 15.3 Å². The van der Waals surface area contributed by atoms with Gasteiger partial charge in [0.25, 0.3) is 0 Å². The molecule has 1 aromatic rings. The van der Waals surface area contributed by atoms with E-state index in [4.69, 9.17) is 0 Å². The highest BCUT2D eigenvalue weighted by molar-refractivity contribution is 9.10. The van der Waals surface area contributed by atoms with Crippen LogP contribution >= 0.6 is 15.9 Å².